The van der Waals surface area contributed by atoms with Crippen LogP contribution in [0.3, 0.4) is 0 Å². The predicted molar refractivity (Wildman–Crippen MR) is 69.6 cm³/mol. The summed E-state index contributed by atoms with van der Waals surface area (Å²) in [4.78, 5) is 11.3. The van der Waals surface area contributed by atoms with Gasteiger partial charge in [-0.05, 0) is 30.7 Å². The lowest BCUT2D eigenvalue weighted by Crippen LogP contribution is -2.29. The van der Waals surface area contributed by atoms with E-state index in [1.807, 2.05) is 0 Å². The Morgan fingerprint density at radius 3 is 2.53 bits per heavy atom. The van der Waals surface area contributed by atoms with E-state index in [0.29, 0.717) is 30.0 Å². The van der Waals surface area contributed by atoms with Gasteiger partial charge < -0.3 is 25.0 Å². The molecule has 1 rings (SSSR count). The third-order valence-corrected chi connectivity index (χ3v) is 2.67. The number of methoxy groups -OCH3 is 2. The van der Waals surface area contributed by atoms with Crippen LogP contribution in [0.4, 0.5) is 0 Å². The first-order valence-electron chi connectivity index (χ1n) is 5.93. The van der Waals surface area contributed by atoms with Gasteiger partial charge in [-0.2, -0.15) is 0 Å². The second-order valence-electron chi connectivity index (χ2n) is 3.92. The number of carboxylic acids is 1. The Morgan fingerprint density at radius 2 is 2.00 bits per heavy atom. The smallest absolute Gasteiger partial charge is 0.325 e. The van der Waals surface area contributed by atoms with Gasteiger partial charge in [0.25, 0.3) is 0 Å². The molecule has 6 heteroatoms. The highest BCUT2D eigenvalue weighted by Crippen LogP contribution is 2.30. The van der Waals surface area contributed by atoms with Gasteiger partial charge in [0.15, 0.2) is 11.5 Å². The minimum atomic E-state index is -0.981. The fraction of sp³-hybridized carbons (Fsp3) is 0.462. The summed E-state index contributed by atoms with van der Waals surface area (Å²) in [6.45, 7) is 0.438. The van der Waals surface area contributed by atoms with Crippen LogP contribution in [0.15, 0.2) is 18.2 Å². The Morgan fingerprint density at radius 1 is 1.32 bits per heavy atom. The molecule has 0 saturated heterocycles. The van der Waals surface area contributed by atoms with E-state index < -0.39 is 12.0 Å². The topological polar surface area (TPSA) is 88.0 Å². The molecule has 19 heavy (non-hydrogen) atoms. The summed E-state index contributed by atoms with van der Waals surface area (Å²) in [5.41, 5.74) is 0.572. The second kappa shape index (κ2) is 7.60. The van der Waals surface area contributed by atoms with Gasteiger partial charge in [0.05, 0.1) is 14.2 Å². The molecule has 0 amide bonds. The van der Waals surface area contributed by atoms with Crippen LogP contribution in [-0.2, 0) is 4.79 Å². The predicted octanol–water partition coefficient (Wildman–Crippen LogP) is 0.801. The van der Waals surface area contributed by atoms with Crippen molar-refractivity contribution in [3.8, 4) is 11.5 Å². The first-order valence-corrected chi connectivity index (χ1v) is 5.93. The number of rotatable bonds is 8. The van der Waals surface area contributed by atoms with Crippen LogP contribution < -0.4 is 14.8 Å². The lowest BCUT2D eigenvalue weighted by atomic mass is 10.1. The molecule has 3 N–H and O–H groups in total. The van der Waals surface area contributed by atoms with Gasteiger partial charge in [0.1, 0.15) is 6.04 Å². The van der Waals surface area contributed by atoms with E-state index in [0.717, 1.165) is 0 Å². The maximum Gasteiger partial charge on any atom is 0.325 e. The van der Waals surface area contributed by atoms with Crippen LogP contribution in [0.2, 0.25) is 0 Å². The van der Waals surface area contributed by atoms with Crippen molar-refractivity contribution in [1.82, 2.24) is 5.32 Å². The zero-order chi connectivity index (χ0) is 14.3. The molecule has 0 fully saturated rings. The van der Waals surface area contributed by atoms with Gasteiger partial charge in [0, 0.05) is 6.61 Å². The number of hydrogen-bond acceptors (Lipinski definition) is 5. The number of aliphatic hydroxyl groups is 1. The SMILES string of the molecule is COc1ccc(C(NCCCO)C(=O)O)cc1OC. The number of carboxylic acid groups (broad SMARTS) is 1. The summed E-state index contributed by atoms with van der Waals surface area (Å²) in [6.07, 6.45) is 0.497. The summed E-state index contributed by atoms with van der Waals surface area (Å²) in [5.74, 6) is 0.0473. The first-order chi connectivity index (χ1) is 9.13. The average Bonchev–Trinajstić information content (AvgIpc) is 2.42. The monoisotopic (exact) mass is 269 g/mol. The molecule has 6 nitrogen and oxygen atoms in total. The van der Waals surface area contributed by atoms with Crippen LogP contribution in [0, 0.1) is 0 Å². The molecule has 1 aromatic rings. The van der Waals surface area contributed by atoms with Crippen molar-refractivity contribution in [2.24, 2.45) is 0 Å². The standard InChI is InChI=1S/C13H19NO5/c1-18-10-5-4-9(8-11(10)19-2)12(13(16)17)14-6-3-7-15/h4-5,8,12,14-15H,3,6-7H2,1-2H3,(H,16,17). The highest BCUT2D eigenvalue weighted by molar-refractivity contribution is 5.76. The van der Waals surface area contributed by atoms with Gasteiger partial charge in [-0.3, -0.25) is 4.79 Å². The molecular formula is C13H19NO5. The van der Waals surface area contributed by atoms with Crippen LogP contribution in [0.5, 0.6) is 11.5 Å². The van der Waals surface area contributed by atoms with E-state index in [1.54, 1.807) is 18.2 Å². The number of hydrogen-bond donors (Lipinski definition) is 3. The maximum absolute atomic E-state index is 11.3. The number of carbonyl (C=O) groups is 1. The van der Waals surface area contributed by atoms with Crippen LogP contribution in [-0.4, -0.2) is 43.6 Å². The van der Waals surface area contributed by atoms with Crippen LogP contribution >= 0.6 is 0 Å². The minimum absolute atomic E-state index is 0.0191. The summed E-state index contributed by atoms with van der Waals surface area (Å²) in [7, 11) is 3.02. The second-order valence-corrected chi connectivity index (χ2v) is 3.92. The first kappa shape index (κ1) is 15.3. The number of aliphatic hydroxyl groups excluding tert-OH is 1. The molecule has 0 heterocycles. The van der Waals surface area contributed by atoms with Crippen molar-refractivity contribution in [2.45, 2.75) is 12.5 Å². The highest BCUT2D eigenvalue weighted by atomic mass is 16.5. The van der Waals surface area contributed by atoms with Gasteiger partial charge >= 0.3 is 5.97 Å². The van der Waals surface area contributed by atoms with Crippen LogP contribution in [0.25, 0.3) is 0 Å². The zero-order valence-corrected chi connectivity index (χ0v) is 11.0. The van der Waals surface area contributed by atoms with Crippen molar-refractivity contribution < 1.29 is 24.5 Å². The maximum atomic E-state index is 11.3. The molecule has 106 valence electrons. The van der Waals surface area contributed by atoms with Gasteiger partial charge in [-0.1, -0.05) is 6.07 Å². The molecule has 1 aromatic carbocycles. The summed E-state index contributed by atoms with van der Waals surface area (Å²) >= 11 is 0. The minimum Gasteiger partial charge on any atom is -0.493 e. The van der Waals surface area contributed by atoms with Crippen molar-refractivity contribution in [1.29, 1.82) is 0 Å². The molecular weight excluding hydrogens is 250 g/mol. The molecule has 0 saturated carbocycles. The van der Waals surface area contributed by atoms with Crippen LogP contribution in [0.1, 0.15) is 18.0 Å². The van der Waals surface area contributed by atoms with Crippen molar-refractivity contribution >= 4 is 5.97 Å². The summed E-state index contributed by atoms with van der Waals surface area (Å²) in [6, 6.07) is 4.12. The number of aliphatic carboxylic acids is 1. The molecule has 0 aliphatic carbocycles. The fourth-order valence-electron chi connectivity index (χ4n) is 1.71. The molecule has 0 bridgehead atoms. The Kier molecular flexibility index (Phi) is 6.11. The van der Waals surface area contributed by atoms with Gasteiger partial charge in [-0.15, -0.1) is 0 Å². The van der Waals surface area contributed by atoms with E-state index in [9.17, 15) is 9.90 Å². The lowest BCUT2D eigenvalue weighted by Gasteiger charge is -2.16. The largest absolute Gasteiger partial charge is 0.493 e. The molecule has 0 aliphatic rings. The van der Waals surface area contributed by atoms with Crippen molar-refractivity contribution in [3.63, 3.8) is 0 Å². The van der Waals surface area contributed by atoms with Crippen molar-refractivity contribution in [3.05, 3.63) is 23.8 Å². The van der Waals surface area contributed by atoms with Gasteiger partial charge in [0.2, 0.25) is 0 Å². The molecule has 0 aromatic heterocycles. The fourth-order valence-corrected chi connectivity index (χ4v) is 1.71. The molecule has 1 unspecified atom stereocenters. The van der Waals surface area contributed by atoms with Crippen molar-refractivity contribution in [2.75, 3.05) is 27.4 Å². The number of benzene rings is 1. The third-order valence-electron chi connectivity index (χ3n) is 2.67. The summed E-state index contributed by atoms with van der Waals surface area (Å²) in [5, 5.41) is 20.8. The normalized spacial score (nSPS) is 11.9. The Bertz CT molecular complexity index is 421. The Labute approximate surface area is 112 Å². The van der Waals surface area contributed by atoms with E-state index in [-0.39, 0.29) is 6.61 Å². The quantitative estimate of drug-likeness (QED) is 0.605. The Balaban J connectivity index is 2.92. The van der Waals surface area contributed by atoms with E-state index >= 15 is 0 Å². The van der Waals surface area contributed by atoms with E-state index in [1.165, 1.54) is 14.2 Å². The number of ether oxygens (including phenoxy) is 2. The highest BCUT2D eigenvalue weighted by Gasteiger charge is 2.20. The van der Waals surface area contributed by atoms with E-state index in [4.69, 9.17) is 14.6 Å². The molecule has 1 atom stereocenters. The van der Waals surface area contributed by atoms with E-state index in [2.05, 4.69) is 5.32 Å². The average molecular weight is 269 g/mol. The third kappa shape index (κ3) is 4.11. The molecule has 0 radical (unpaired) electrons. The van der Waals surface area contributed by atoms with Gasteiger partial charge in [-0.25, -0.2) is 0 Å². The zero-order valence-electron chi connectivity index (χ0n) is 11.0. The summed E-state index contributed by atoms with van der Waals surface area (Å²) < 4.78 is 10.3. The lowest BCUT2D eigenvalue weighted by molar-refractivity contribution is -0.139. The Hall–Kier alpha value is -1.79. The molecule has 0 spiro atoms. The molecule has 0 aliphatic heterocycles. The number of nitrogens with one attached hydrogen (secondary N) is 1.